The van der Waals surface area contributed by atoms with Crippen LogP contribution >= 0.6 is 11.8 Å². The molecular formula is C38H57NO5S. The molecule has 0 bridgehead atoms. The molecule has 1 amide bonds. The van der Waals surface area contributed by atoms with Crippen molar-refractivity contribution in [3.05, 3.63) is 12.7 Å². The summed E-state index contributed by atoms with van der Waals surface area (Å²) in [6.45, 7) is 16.5. The van der Waals surface area contributed by atoms with Gasteiger partial charge in [0.05, 0.1) is 6.04 Å². The van der Waals surface area contributed by atoms with Gasteiger partial charge in [-0.2, -0.15) is 11.8 Å². The number of carbonyl (C=O) groups is 5. The van der Waals surface area contributed by atoms with Crippen molar-refractivity contribution in [1.29, 1.82) is 0 Å². The Kier molecular flexibility index (Phi) is 12.9. The van der Waals surface area contributed by atoms with Crippen LogP contribution in [0.25, 0.3) is 0 Å². The quantitative estimate of drug-likeness (QED) is 0.0890. The molecular weight excluding hydrogens is 582 g/mol. The lowest BCUT2D eigenvalue weighted by Crippen LogP contribution is -2.51. The Morgan fingerprint density at radius 3 is 2.33 bits per heavy atom. The summed E-state index contributed by atoms with van der Waals surface area (Å²) in [6, 6.07) is -0.660. The van der Waals surface area contributed by atoms with E-state index in [2.05, 4.69) is 33.3 Å². The predicted octanol–water partition coefficient (Wildman–Crippen LogP) is 7.28. The number of rotatable bonds is 18. The number of likely N-dealkylation sites (tertiary alicyclic amines) is 1. The Balaban J connectivity index is 1.82. The molecule has 2 aliphatic carbocycles. The van der Waals surface area contributed by atoms with Crippen molar-refractivity contribution in [2.45, 2.75) is 125 Å². The highest BCUT2D eigenvalue weighted by Gasteiger charge is 2.69. The van der Waals surface area contributed by atoms with Gasteiger partial charge in [-0.1, -0.05) is 66.9 Å². The number of amides is 1. The van der Waals surface area contributed by atoms with Gasteiger partial charge in [-0.05, 0) is 65.3 Å². The summed E-state index contributed by atoms with van der Waals surface area (Å²) in [5.74, 6) is 2.18. The fourth-order valence-electron chi connectivity index (χ4n) is 8.09. The zero-order chi connectivity index (χ0) is 33.6. The summed E-state index contributed by atoms with van der Waals surface area (Å²) in [5, 5.41) is 0. The van der Waals surface area contributed by atoms with Crippen LogP contribution in [0.15, 0.2) is 12.7 Å². The number of allylic oxidation sites excluding steroid dienone is 1. The summed E-state index contributed by atoms with van der Waals surface area (Å²) >= 11 is 1.91. The third kappa shape index (κ3) is 8.99. The summed E-state index contributed by atoms with van der Waals surface area (Å²) in [6.07, 6.45) is 14.3. The predicted molar refractivity (Wildman–Crippen MR) is 183 cm³/mol. The van der Waals surface area contributed by atoms with Crippen LogP contribution in [0, 0.1) is 52.3 Å². The molecule has 0 radical (unpaired) electrons. The first-order chi connectivity index (χ1) is 21.1. The van der Waals surface area contributed by atoms with Gasteiger partial charge in [0.1, 0.15) is 5.78 Å². The summed E-state index contributed by atoms with van der Waals surface area (Å²) in [4.78, 5) is 69.8. The second-order valence-electron chi connectivity index (χ2n) is 15.7. The average Bonchev–Trinajstić information content (AvgIpc) is 3.29. The van der Waals surface area contributed by atoms with Crippen LogP contribution in [0.2, 0.25) is 0 Å². The van der Waals surface area contributed by atoms with E-state index in [1.54, 1.807) is 11.0 Å². The van der Waals surface area contributed by atoms with Crippen LogP contribution in [0.3, 0.4) is 0 Å². The van der Waals surface area contributed by atoms with E-state index in [1.165, 1.54) is 6.42 Å². The van der Waals surface area contributed by atoms with Crippen LogP contribution in [0.5, 0.6) is 0 Å². The zero-order valence-electron chi connectivity index (χ0n) is 28.8. The minimum atomic E-state index is -0.795. The second kappa shape index (κ2) is 15.6. The van der Waals surface area contributed by atoms with Crippen LogP contribution in [-0.4, -0.2) is 58.0 Å². The highest BCUT2D eigenvalue weighted by atomic mass is 32.2. The molecule has 0 aromatic carbocycles. The fourth-order valence-corrected chi connectivity index (χ4v) is 9.12. The van der Waals surface area contributed by atoms with E-state index in [4.69, 9.17) is 6.42 Å². The standard InChI is InChI=1S/C38H57NO5S/c1-9-12-17-26(34(43)30(41)18-13-10-2)21-31(42)33-32-29(37(32,7)8)24-39(33)35(44)28(36(4,5)6)22-27(40)23-38(25-45-11-3)19-15-14-16-20-38/h1,10,26,28-29,32-33H,2,11-25H2,3-8H3/t26?,28-,29?,32+,33-/m1/s1. The van der Waals surface area contributed by atoms with E-state index >= 15 is 0 Å². The fraction of sp³-hybridized carbons (Fsp3) is 0.763. The van der Waals surface area contributed by atoms with Crippen molar-refractivity contribution in [3.63, 3.8) is 0 Å². The molecule has 45 heavy (non-hydrogen) atoms. The monoisotopic (exact) mass is 639 g/mol. The number of hydrogen-bond acceptors (Lipinski definition) is 6. The van der Waals surface area contributed by atoms with Crippen molar-refractivity contribution < 1.29 is 24.0 Å². The van der Waals surface area contributed by atoms with Crippen molar-refractivity contribution >= 4 is 40.8 Å². The molecule has 2 unspecified atom stereocenters. The number of thioether (sulfide) groups is 1. The summed E-state index contributed by atoms with van der Waals surface area (Å²) < 4.78 is 0. The number of piperidine rings is 1. The smallest absolute Gasteiger partial charge is 0.227 e. The van der Waals surface area contributed by atoms with E-state index in [0.29, 0.717) is 19.4 Å². The van der Waals surface area contributed by atoms with Crippen molar-refractivity contribution in [3.8, 4) is 12.3 Å². The second-order valence-corrected chi connectivity index (χ2v) is 16.9. The molecule has 3 aliphatic rings. The van der Waals surface area contributed by atoms with Gasteiger partial charge in [0.25, 0.3) is 0 Å². The largest absolute Gasteiger partial charge is 0.332 e. The minimum absolute atomic E-state index is 0.00157. The van der Waals surface area contributed by atoms with Gasteiger partial charge in [-0.25, -0.2) is 0 Å². The molecule has 1 saturated heterocycles. The highest BCUT2D eigenvalue weighted by Crippen LogP contribution is 2.65. The number of nitrogens with zero attached hydrogens (tertiary/aromatic N) is 1. The molecule has 0 spiro atoms. The zero-order valence-corrected chi connectivity index (χ0v) is 29.6. The average molecular weight is 640 g/mol. The maximum atomic E-state index is 14.4. The van der Waals surface area contributed by atoms with Crippen LogP contribution in [0.4, 0.5) is 0 Å². The van der Waals surface area contributed by atoms with Gasteiger partial charge in [0.15, 0.2) is 11.6 Å². The molecule has 1 heterocycles. The van der Waals surface area contributed by atoms with Crippen molar-refractivity contribution in [2.75, 3.05) is 18.1 Å². The number of ketones is 4. The molecule has 0 aromatic rings. The Morgan fingerprint density at radius 2 is 1.76 bits per heavy atom. The number of carbonyl (C=O) groups excluding carboxylic acids is 5. The number of Topliss-reactive ketones (excluding diaryl/α,β-unsaturated/α-hetero) is 4. The van der Waals surface area contributed by atoms with Crippen LogP contribution < -0.4 is 0 Å². The van der Waals surface area contributed by atoms with Gasteiger partial charge < -0.3 is 4.90 Å². The van der Waals surface area contributed by atoms with Gasteiger partial charge in [0.2, 0.25) is 11.7 Å². The highest BCUT2D eigenvalue weighted by molar-refractivity contribution is 7.99. The number of hydrogen-bond donors (Lipinski definition) is 0. The first-order valence-electron chi connectivity index (χ1n) is 17.2. The molecule has 0 aromatic heterocycles. The molecule has 2 saturated carbocycles. The van der Waals surface area contributed by atoms with E-state index in [-0.39, 0.29) is 72.2 Å². The molecule has 5 atom stereocenters. The van der Waals surface area contributed by atoms with Crippen molar-refractivity contribution in [2.24, 2.45) is 39.9 Å². The third-order valence-corrected chi connectivity index (χ3v) is 12.2. The van der Waals surface area contributed by atoms with Crippen LogP contribution in [-0.2, 0) is 24.0 Å². The molecule has 3 rings (SSSR count). The normalized spacial score (nSPS) is 24.6. The molecule has 250 valence electrons. The summed E-state index contributed by atoms with van der Waals surface area (Å²) in [7, 11) is 0. The third-order valence-electron chi connectivity index (χ3n) is 11.0. The van der Waals surface area contributed by atoms with Crippen LogP contribution in [0.1, 0.15) is 119 Å². The van der Waals surface area contributed by atoms with Gasteiger partial charge >= 0.3 is 0 Å². The van der Waals surface area contributed by atoms with E-state index in [9.17, 15) is 24.0 Å². The van der Waals surface area contributed by atoms with Gasteiger partial charge in [0, 0.05) is 50.5 Å². The number of terminal acetylenes is 1. The van der Waals surface area contributed by atoms with Gasteiger partial charge in [-0.15, -0.1) is 18.9 Å². The maximum Gasteiger partial charge on any atom is 0.227 e. The minimum Gasteiger partial charge on any atom is -0.332 e. The molecule has 1 aliphatic heterocycles. The lowest BCUT2D eigenvalue weighted by atomic mass is 9.70. The molecule has 7 heteroatoms. The van der Waals surface area contributed by atoms with Gasteiger partial charge in [-0.3, -0.25) is 24.0 Å². The van der Waals surface area contributed by atoms with E-state index in [1.807, 2.05) is 32.5 Å². The SMILES string of the molecule is C#CCCC(CC(=O)[C@@H]1[C@@H]2C(CN1C(=O)[C@@H](CC(=O)CC1(CSCC)CCCCC1)C(C)(C)C)C2(C)C)C(=O)C(=O)CCC=C. The molecule has 6 nitrogen and oxygen atoms in total. The Labute approximate surface area is 276 Å². The lowest BCUT2D eigenvalue weighted by Gasteiger charge is -2.39. The topological polar surface area (TPSA) is 88.6 Å². The first kappa shape index (κ1) is 37.3. The van der Waals surface area contributed by atoms with E-state index < -0.39 is 34.9 Å². The number of fused-ring (bicyclic) bond motifs is 1. The van der Waals surface area contributed by atoms with E-state index in [0.717, 1.165) is 37.2 Å². The Morgan fingerprint density at radius 1 is 1.09 bits per heavy atom. The maximum absolute atomic E-state index is 14.4. The lowest BCUT2D eigenvalue weighted by molar-refractivity contribution is -0.148. The molecule has 0 N–H and O–H groups in total. The Bertz CT molecular complexity index is 1170. The molecule has 3 fully saturated rings. The summed E-state index contributed by atoms with van der Waals surface area (Å²) in [5.41, 5.74) is -0.543. The first-order valence-corrected chi connectivity index (χ1v) is 18.3. The Hall–Kier alpha value is -2.20. The van der Waals surface area contributed by atoms with Crippen molar-refractivity contribution in [1.82, 2.24) is 4.90 Å².